The maximum absolute atomic E-state index is 11.4. The molecule has 2 atom stereocenters. The molecule has 2 heterocycles. The van der Waals surface area contributed by atoms with Crippen molar-refractivity contribution in [1.29, 1.82) is 0 Å². The first-order valence-electron chi connectivity index (χ1n) is 4.84. The normalized spacial score (nSPS) is 36.4. The van der Waals surface area contributed by atoms with Crippen molar-refractivity contribution in [2.24, 2.45) is 5.73 Å². The number of nitrogens with zero attached hydrogens (tertiary/aromatic N) is 1. The van der Waals surface area contributed by atoms with Gasteiger partial charge in [-0.1, -0.05) is 0 Å². The van der Waals surface area contributed by atoms with Gasteiger partial charge in [-0.15, -0.1) is 0 Å². The third-order valence-electron chi connectivity index (χ3n) is 3.06. The molecule has 0 aromatic carbocycles. The fourth-order valence-corrected chi connectivity index (χ4v) is 2.34. The summed E-state index contributed by atoms with van der Waals surface area (Å²) in [6.07, 6.45) is 5.07. The number of amides is 1. The first-order valence-corrected chi connectivity index (χ1v) is 4.84. The van der Waals surface area contributed by atoms with Crippen LogP contribution in [0.1, 0.15) is 32.1 Å². The summed E-state index contributed by atoms with van der Waals surface area (Å²) in [5.74, 6) is 0.321. The van der Waals surface area contributed by atoms with E-state index in [1.807, 2.05) is 4.90 Å². The molecule has 2 saturated heterocycles. The van der Waals surface area contributed by atoms with E-state index in [0.29, 0.717) is 18.4 Å². The van der Waals surface area contributed by atoms with Crippen LogP contribution in [0.5, 0.6) is 0 Å². The Morgan fingerprint density at radius 3 is 2.92 bits per heavy atom. The molecule has 0 aliphatic carbocycles. The number of carbonyl (C=O) groups excluding carboxylic acids is 1. The van der Waals surface area contributed by atoms with Crippen molar-refractivity contribution in [3.8, 4) is 0 Å². The maximum Gasteiger partial charge on any atom is 0.222 e. The molecule has 2 unspecified atom stereocenters. The molecule has 0 radical (unpaired) electrons. The Morgan fingerprint density at radius 1 is 1.33 bits per heavy atom. The number of piperidine rings is 2. The second kappa shape index (κ2) is 3.05. The molecule has 0 saturated carbocycles. The SMILES string of the molecule is NC1CCC(=O)N2CCCCC12. The second-order valence-electron chi connectivity index (χ2n) is 3.85. The van der Waals surface area contributed by atoms with E-state index in [1.54, 1.807) is 0 Å². The Balaban J connectivity index is 2.11. The van der Waals surface area contributed by atoms with E-state index >= 15 is 0 Å². The number of nitrogens with two attached hydrogens (primary N) is 1. The highest BCUT2D eigenvalue weighted by molar-refractivity contribution is 5.77. The van der Waals surface area contributed by atoms with Gasteiger partial charge >= 0.3 is 0 Å². The first kappa shape index (κ1) is 8.05. The van der Waals surface area contributed by atoms with Gasteiger partial charge in [0.15, 0.2) is 0 Å². The Labute approximate surface area is 72.9 Å². The summed E-state index contributed by atoms with van der Waals surface area (Å²) < 4.78 is 0. The Kier molecular flexibility index (Phi) is 2.05. The van der Waals surface area contributed by atoms with Gasteiger partial charge in [-0.05, 0) is 25.7 Å². The van der Waals surface area contributed by atoms with Gasteiger partial charge in [0.1, 0.15) is 0 Å². The molecule has 0 aromatic rings. The fourth-order valence-electron chi connectivity index (χ4n) is 2.34. The van der Waals surface area contributed by atoms with Crippen molar-refractivity contribution in [3.63, 3.8) is 0 Å². The van der Waals surface area contributed by atoms with Crippen LogP contribution in [0.4, 0.5) is 0 Å². The highest BCUT2D eigenvalue weighted by atomic mass is 16.2. The van der Waals surface area contributed by atoms with Crippen molar-refractivity contribution >= 4 is 5.91 Å². The predicted octanol–water partition coefficient (Wildman–Crippen LogP) is 0.489. The van der Waals surface area contributed by atoms with Crippen molar-refractivity contribution in [1.82, 2.24) is 4.90 Å². The van der Waals surface area contributed by atoms with E-state index in [1.165, 1.54) is 6.42 Å². The van der Waals surface area contributed by atoms with Gasteiger partial charge in [0.25, 0.3) is 0 Å². The van der Waals surface area contributed by atoms with Crippen LogP contribution < -0.4 is 5.73 Å². The maximum atomic E-state index is 11.4. The van der Waals surface area contributed by atoms with Crippen LogP contribution in [0, 0.1) is 0 Å². The van der Waals surface area contributed by atoms with Gasteiger partial charge in [-0.25, -0.2) is 0 Å². The molecule has 3 nitrogen and oxygen atoms in total. The molecule has 0 spiro atoms. The lowest BCUT2D eigenvalue weighted by Gasteiger charge is -2.42. The van der Waals surface area contributed by atoms with Crippen LogP contribution in [0.3, 0.4) is 0 Å². The molecule has 2 aliphatic heterocycles. The molecule has 68 valence electrons. The van der Waals surface area contributed by atoms with Gasteiger partial charge < -0.3 is 10.6 Å². The lowest BCUT2D eigenvalue weighted by molar-refractivity contribution is -0.138. The van der Waals surface area contributed by atoms with Gasteiger partial charge in [0, 0.05) is 25.0 Å². The summed E-state index contributed by atoms with van der Waals surface area (Å²) >= 11 is 0. The first-order chi connectivity index (χ1) is 5.79. The van der Waals surface area contributed by atoms with Crippen LogP contribution >= 0.6 is 0 Å². The quantitative estimate of drug-likeness (QED) is 0.572. The molecule has 2 N–H and O–H groups in total. The molecular weight excluding hydrogens is 152 g/mol. The number of hydrogen-bond acceptors (Lipinski definition) is 2. The van der Waals surface area contributed by atoms with E-state index in [2.05, 4.69) is 0 Å². The van der Waals surface area contributed by atoms with Crippen LogP contribution in [-0.2, 0) is 4.79 Å². The van der Waals surface area contributed by atoms with E-state index in [9.17, 15) is 4.79 Å². The molecular formula is C9H16N2O. The number of carbonyl (C=O) groups is 1. The van der Waals surface area contributed by atoms with E-state index < -0.39 is 0 Å². The molecule has 1 amide bonds. The predicted molar refractivity (Wildman–Crippen MR) is 46.6 cm³/mol. The van der Waals surface area contributed by atoms with Gasteiger partial charge in [0.05, 0.1) is 0 Å². The van der Waals surface area contributed by atoms with Crippen LogP contribution in [0.25, 0.3) is 0 Å². The lowest BCUT2D eigenvalue weighted by atomic mass is 9.89. The zero-order valence-electron chi connectivity index (χ0n) is 7.33. The molecule has 12 heavy (non-hydrogen) atoms. The van der Waals surface area contributed by atoms with Crippen molar-refractivity contribution in [3.05, 3.63) is 0 Å². The minimum Gasteiger partial charge on any atom is -0.338 e. The van der Waals surface area contributed by atoms with E-state index in [-0.39, 0.29) is 6.04 Å². The van der Waals surface area contributed by atoms with Crippen LogP contribution in [-0.4, -0.2) is 29.4 Å². The zero-order chi connectivity index (χ0) is 8.55. The van der Waals surface area contributed by atoms with Crippen LogP contribution in [0.2, 0.25) is 0 Å². The largest absolute Gasteiger partial charge is 0.338 e. The third-order valence-corrected chi connectivity index (χ3v) is 3.06. The van der Waals surface area contributed by atoms with Gasteiger partial charge in [0.2, 0.25) is 5.91 Å². The molecule has 2 aliphatic rings. The zero-order valence-corrected chi connectivity index (χ0v) is 7.33. The summed E-state index contributed by atoms with van der Waals surface area (Å²) in [7, 11) is 0. The average Bonchev–Trinajstić information content (AvgIpc) is 2.12. The Bertz CT molecular complexity index is 193. The number of fused-ring (bicyclic) bond motifs is 1. The summed E-state index contributed by atoms with van der Waals surface area (Å²) in [6, 6.07) is 0.600. The number of hydrogen-bond donors (Lipinski definition) is 1. The van der Waals surface area contributed by atoms with Gasteiger partial charge in [-0.2, -0.15) is 0 Å². The van der Waals surface area contributed by atoms with Crippen LogP contribution in [0.15, 0.2) is 0 Å². The standard InChI is InChI=1S/C9H16N2O/c10-7-4-5-9(12)11-6-2-1-3-8(7)11/h7-8H,1-6,10H2. The highest BCUT2D eigenvalue weighted by Crippen LogP contribution is 2.25. The highest BCUT2D eigenvalue weighted by Gasteiger charge is 2.34. The topological polar surface area (TPSA) is 46.3 Å². The molecule has 2 fully saturated rings. The number of rotatable bonds is 0. The van der Waals surface area contributed by atoms with Crippen molar-refractivity contribution in [2.75, 3.05) is 6.54 Å². The van der Waals surface area contributed by atoms with Crippen molar-refractivity contribution < 1.29 is 4.79 Å². The smallest absolute Gasteiger partial charge is 0.222 e. The van der Waals surface area contributed by atoms with E-state index in [4.69, 9.17) is 5.73 Å². The van der Waals surface area contributed by atoms with E-state index in [0.717, 1.165) is 25.8 Å². The third kappa shape index (κ3) is 1.22. The molecule has 0 bridgehead atoms. The molecule has 3 heteroatoms. The molecule has 0 aromatic heterocycles. The monoisotopic (exact) mass is 168 g/mol. The van der Waals surface area contributed by atoms with Crippen molar-refractivity contribution in [2.45, 2.75) is 44.2 Å². The Hall–Kier alpha value is -0.570. The fraction of sp³-hybridized carbons (Fsp3) is 0.889. The minimum atomic E-state index is 0.239. The lowest BCUT2D eigenvalue weighted by Crippen LogP contribution is -2.56. The second-order valence-corrected chi connectivity index (χ2v) is 3.85. The summed E-state index contributed by atoms with van der Waals surface area (Å²) in [4.78, 5) is 13.4. The van der Waals surface area contributed by atoms with Gasteiger partial charge in [-0.3, -0.25) is 4.79 Å². The molecule has 2 rings (SSSR count). The summed E-state index contributed by atoms with van der Waals surface area (Å²) in [5, 5.41) is 0. The minimum absolute atomic E-state index is 0.239. The summed E-state index contributed by atoms with van der Waals surface area (Å²) in [5.41, 5.74) is 5.96. The average molecular weight is 168 g/mol. The Morgan fingerprint density at radius 2 is 2.17 bits per heavy atom. The summed E-state index contributed by atoms with van der Waals surface area (Å²) in [6.45, 7) is 0.942.